The number of rotatable bonds is 6. The molecular weight excluding hydrogens is 360 g/mol. The fraction of sp³-hybridized carbons (Fsp3) is 0.381. The number of carbonyl (C=O) groups is 1. The molecule has 0 radical (unpaired) electrons. The third-order valence-electron chi connectivity index (χ3n) is 4.28. The molecular formula is C21H28N2O3S. The fourth-order valence-electron chi connectivity index (χ4n) is 2.74. The van der Waals surface area contributed by atoms with Gasteiger partial charge >= 0.3 is 0 Å². The zero-order valence-corrected chi connectivity index (χ0v) is 17.4. The van der Waals surface area contributed by atoms with Crippen LogP contribution in [0.25, 0.3) is 0 Å². The summed E-state index contributed by atoms with van der Waals surface area (Å²) in [6.45, 7) is 8.37. The predicted molar refractivity (Wildman–Crippen MR) is 110 cm³/mol. The highest BCUT2D eigenvalue weighted by molar-refractivity contribution is 7.92. The van der Waals surface area contributed by atoms with E-state index in [9.17, 15) is 13.2 Å². The second-order valence-electron chi connectivity index (χ2n) is 7.83. The molecule has 0 aliphatic carbocycles. The van der Waals surface area contributed by atoms with E-state index in [0.29, 0.717) is 12.2 Å². The Labute approximate surface area is 162 Å². The highest BCUT2D eigenvalue weighted by Crippen LogP contribution is 2.25. The minimum absolute atomic E-state index is 0.0281. The molecule has 1 amide bonds. The standard InChI is InChI=1S/C21H28N2O3S/c1-16-7-6-8-17(13-16)14-22-20(24)15-23(27(5,25)26)19-11-9-18(10-12-19)21(2,3)4/h6-13H,14-15H2,1-5H3,(H,22,24). The van der Waals surface area contributed by atoms with Crippen LogP contribution in [0.4, 0.5) is 5.69 Å². The first-order valence-corrected chi connectivity index (χ1v) is 10.7. The van der Waals surface area contributed by atoms with Gasteiger partial charge in [-0.15, -0.1) is 0 Å². The molecule has 0 saturated carbocycles. The van der Waals surface area contributed by atoms with Gasteiger partial charge in [0.15, 0.2) is 0 Å². The lowest BCUT2D eigenvalue weighted by molar-refractivity contribution is -0.119. The van der Waals surface area contributed by atoms with E-state index in [1.54, 1.807) is 12.1 Å². The van der Waals surface area contributed by atoms with Gasteiger partial charge in [-0.3, -0.25) is 9.10 Å². The van der Waals surface area contributed by atoms with Crippen molar-refractivity contribution in [3.8, 4) is 0 Å². The molecule has 0 spiro atoms. The SMILES string of the molecule is Cc1cccc(CNC(=O)CN(c2ccc(C(C)(C)C)cc2)S(C)(=O)=O)c1. The van der Waals surface area contributed by atoms with Crippen LogP contribution in [0.15, 0.2) is 48.5 Å². The van der Waals surface area contributed by atoms with Crippen molar-refractivity contribution >= 4 is 21.6 Å². The number of aryl methyl sites for hydroxylation is 1. The van der Waals surface area contributed by atoms with Crippen LogP contribution >= 0.6 is 0 Å². The van der Waals surface area contributed by atoms with Gasteiger partial charge in [0.25, 0.3) is 0 Å². The monoisotopic (exact) mass is 388 g/mol. The third-order valence-corrected chi connectivity index (χ3v) is 5.42. The minimum Gasteiger partial charge on any atom is -0.350 e. The Balaban J connectivity index is 2.11. The summed E-state index contributed by atoms with van der Waals surface area (Å²) in [7, 11) is -3.58. The molecule has 2 rings (SSSR count). The summed E-state index contributed by atoms with van der Waals surface area (Å²) in [4.78, 5) is 12.3. The lowest BCUT2D eigenvalue weighted by atomic mass is 9.87. The molecule has 6 heteroatoms. The Hall–Kier alpha value is -2.34. The van der Waals surface area contributed by atoms with Crippen molar-refractivity contribution in [3.05, 3.63) is 65.2 Å². The molecule has 0 heterocycles. The molecule has 27 heavy (non-hydrogen) atoms. The van der Waals surface area contributed by atoms with Crippen LogP contribution in [0.2, 0.25) is 0 Å². The Bertz CT molecular complexity index is 898. The molecule has 0 aromatic heterocycles. The fourth-order valence-corrected chi connectivity index (χ4v) is 3.59. The van der Waals surface area contributed by atoms with Gasteiger partial charge in [0.1, 0.15) is 6.54 Å². The van der Waals surface area contributed by atoms with Gasteiger partial charge in [-0.25, -0.2) is 8.42 Å². The van der Waals surface area contributed by atoms with E-state index < -0.39 is 10.0 Å². The molecule has 2 aromatic rings. The van der Waals surface area contributed by atoms with E-state index in [2.05, 4.69) is 26.1 Å². The van der Waals surface area contributed by atoms with E-state index in [-0.39, 0.29) is 17.9 Å². The molecule has 146 valence electrons. The van der Waals surface area contributed by atoms with Crippen LogP contribution in [0.5, 0.6) is 0 Å². The van der Waals surface area contributed by atoms with E-state index in [0.717, 1.165) is 27.3 Å². The molecule has 5 nitrogen and oxygen atoms in total. The maximum absolute atomic E-state index is 12.3. The maximum atomic E-state index is 12.3. The van der Waals surface area contributed by atoms with Crippen molar-refractivity contribution in [1.82, 2.24) is 5.32 Å². The molecule has 1 N–H and O–H groups in total. The van der Waals surface area contributed by atoms with Crippen molar-refractivity contribution in [3.63, 3.8) is 0 Å². The average Bonchev–Trinajstić information content (AvgIpc) is 2.56. The summed E-state index contributed by atoms with van der Waals surface area (Å²) in [6.07, 6.45) is 1.11. The Kier molecular flexibility index (Phi) is 6.31. The van der Waals surface area contributed by atoms with Crippen LogP contribution in [0.1, 0.15) is 37.5 Å². The summed E-state index contributed by atoms with van der Waals surface area (Å²) in [5.41, 5.74) is 3.64. The van der Waals surface area contributed by atoms with Gasteiger partial charge in [-0.1, -0.05) is 62.7 Å². The smallest absolute Gasteiger partial charge is 0.241 e. The van der Waals surface area contributed by atoms with Crippen LogP contribution in [-0.2, 0) is 26.8 Å². The summed E-state index contributed by atoms with van der Waals surface area (Å²) in [5.74, 6) is -0.346. The highest BCUT2D eigenvalue weighted by Gasteiger charge is 2.22. The maximum Gasteiger partial charge on any atom is 0.241 e. The van der Waals surface area contributed by atoms with Crippen molar-refractivity contribution in [2.75, 3.05) is 17.1 Å². The quantitative estimate of drug-likeness (QED) is 0.825. The number of nitrogens with one attached hydrogen (secondary N) is 1. The zero-order chi connectivity index (χ0) is 20.2. The lowest BCUT2D eigenvalue weighted by Crippen LogP contribution is -2.40. The molecule has 2 aromatic carbocycles. The zero-order valence-electron chi connectivity index (χ0n) is 16.6. The molecule has 0 aliphatic heterocycles. The number of anilines is 1. The minimum atomic E-state index is -3.58. The average molecular weight is 389 g/mol. The van der Waals surface area contributed by atoms with Gasteiger partial charge in [-0.2, -0.15) is 0 Å². The molecule has 0 unspecified atom stereocenters. The van der Waals surface area contributed by atoms with Crippen molar-refractivity contribution in [1.29, 1.82) is 0 Å². The van der Waals surface area contributed by atoms with E-state index in [1.165, 1.54) is 0 Å². The lowest BCUT2D eigenvalue weighted by Gasteiger charge is -2.24. The summed E-state index contributed by atoms with van der Waals surface area (Å²) in [6, 6.07) is 15.1. The molecule has 0 saturated heterocycles. The number of hydrogen-bond acceptors (Lipinski definition) is 3. The molecule has 0 atom stereocenters. The van der Waals surface area contributed by atoms with Crippen LogP contribution in [0, 0.1) is 6.92 Å². The van der Waals surface area contributed by atoms with E-state index in [4.69, 9.17) is 0 Å². The number of benzene rings is 2. The van der Waals surface area contributed by atoms with Gasteiger partial charge in [0, 0.05) is 6.54 Å². The second kappa shape index (κ2) is 8.13. The Morgan fingerprint density at radius 2 is 1.70 bits per heavy atom. The summed E-state index contributed by atoms with van der Waals surface area (Å²) in [5, 5.41) is 2.79. The first-order valence-electron chi connectivity index (χ1n) is 8.87. The van der Waals surface area contributed by atoms with Crippen molar-refractivity contribution in [2.24, 2.45) is 0 Å². The predicted octanol–water partition coefficient (Wildman–Crippen LogP) is 3.37. The first kappa shape index (κ1) is 21.0. The largest absolute Gasteiger partial charge is 0.350 e. The van der Waals surface area contributed by atoms with E-state index in [1.807, 2.05) is 43.3 Å². The number of carbonyl (C=O) groups excluding carboxylic acids is 1. The van der Waals surface area contributed by atoms with Crippen molar-refractivity contribution in [2.45, 2.75) is 39.7 Å². The topological polar surface area (TPSA) is 66.5 Å². The molecule has 0 fully saturated rings. The van der Waals surface area contributed by atoms with Gasteiger partial charge in [0.05, 0.1) is 11.9 Å². The first-order chi connectivity index (χ1) is 12.5. The number of amides is 1. The number of nitrogens with zero attached hydrogens (tertiary/aromatic N) is 1. The number of sulfonamides is 1. The molecule has 0 aliphatic rings. The summed E-state index contributed by atoms with van der Waals surface area (Å²) >= 11 is 0. The van der Waals surface area contributed by atoms with Crippen molar-refractivity contribution < 1.29 is 13.2 Å². The third kappa shape index (κ3) is 6.10. The van der Waals surface area contributed by atoms with Crippen LogP contribution in [0.3, 0.4) is 0 Å². The number of hydrogen-bond donors (Lipinski definition) is 1. The summed E-state index contributed by atoms with van der Waals surface area (Å²) < 4.78 is 25.6. The highest BCUT2D eigenvalue weighted by atomic mass is 32.2. The van der Waals surface area contributed by atoms with E-state index >= 15 is 0 Å². The van der Waals surface area contributed by atoms with Crippen LogP contribution in [-0.4, -0.2) is 27.1 Å². The van der Waals surface area contributed by atoms with Gasteiger partial charge in [0.2, 0.25) is 15.9 Å². The Morgan fingerprint density at radius 3 is 2.22 bits per heavy atom. The van der Waals surface area contributed by atoms with Gasteiger partial charge in [-0.05, 0) is 35.6 Å². The molecule has 0 bridgehead atoms. The normalized spacial score (nSPS) is 11.9. The Morgan fingerprint density at radius 1 is 1.07 bits per heavy atom. The van der Waals surface area contributed by atoms with Crippen LogP contribution < -0.4 is 9.62 Å². The van der Waals surface area contributed by atoms with Gasteiger partial charge < -0.3 is 5.32 Å². The second-order valence-corrected chi connectivity index (χ2v) is 9.74.